The number of amides is 1. The fraction of sp³-hybridized carbons (Fsp3) is 0.533. The number of carbonyl (C=O) groups excluding carboxylic acids is 1. The zero-order chi connectivity index (χ0) is 13.6. The van der Waals surface area contributed by atoms with Gasteiger partial charge >= 0.3 is 0 Å². The molecule has 0 bridgehead atoms. The Balaban J connectivity index is 2.33. The average Bonchev–Trinajstić information content (AvgIpc) is 2.27. The summed E-state index contributed by atoms with van der Waals surface area (Å²) in [4.78, 5) is 10.7. The molecule has 1 amide bonds. The fourth-order valence-corrected chi connectivity index (χ4v) is 1.68. The predicted octanol–water partition coefficient (Wildman–Crippen LogP) is 2.21. The van der Waals surface area contributed by atoms with E-state index in [1.165, 1.54) is 18.1 Å². The first-order valence-electron chi connectivity index (χ1n) is 6.44. The second-order valence-corrected chi connectivity index (χ2v) is 5.61. The van der Waals surface area contributed by atoms with Crippen molar-refractivity contribution < 1.29 is 4.79 Å². The highest BCUT2D eigenvalue weighted by atomic mass is 16.1. The van der Waals surface area contributed by atoms with Crippen LogP contribution in [-0.2, 0) is 16.8 Å². The van der Waals surface area contributed by atoms with Crippen molar-refractivity contribution in [2.75, 3.05) is 13.1 Å². The molecule has 0 aliphatic carbocycles. The summed E-state index contributed by atoms with van der Waals surface area (Å²) in [6.45, 7) is 10.5. The topological polar surface area (TPSA) is 41.1 Å². The zero-order valence-electron chi connectivity index (χ0n) is 11.8. The molecule has 0 aliphatic rings. The van der Waals surface area contributed by atoms with Crippen molar-refractivity contribution in [2.24, 2.45) is 0 Å². The summed E-state index contributed by atoms with van der Waals surface area (Å²) in [5.74, 6) is 0.0198. The van der Waals surface area contributed by atoms with Crippen molar-refractivity contribution in [1.29, 1.82) is 0 Å². The largest absolute Gasteiger partial charge is 0.355 e. The molecule has 2 N–H and O–H groups in total. The number of nitrogens with one attached hydrogen (secondary N) is 2. The van der Waals surface area contributed by atoms with E-state index in [0.717, 1.165) is 13.1 Å². The van der Waals surface area contributed by atoms with Crippen LogP contribution in [0.25, 0.3) is 0 Å². The van der Waals surface area contributed by atoms with Gasteiger partial charge in [-0.2, -0.15) is 0 Å². The van der Waals surface area contributed by atoms with Gasteiger partial charge in [-0.3, -0.25) is 4.79 Å². The Morgan fingerprint density at radius 1 is 1.11 bits per heavy atom. The van der Waals surface area contributed by atoms with Crippen LogP contribution in [0, 0.1) is 0 Å². The number of hydrogen-bond donors (Lipinski definition) is 2. The first-order chi connectivity index (χ1) is 8.39. The van der Waals surface area contributed by atoms with Gasteiger partial charge in [-0.05, 0) is 16.5 Å². The fourth-order valence-electron chi connectivity index (χ4n) is 1.68. The zero-order valence-corrected chi connectivity index (χ0v) is 11.8. The van der Waals surface area contributed by atoms with Crippen LogP contribution in [0.5, 0.6) is 0 Å². The van der Waals surface area contributed by atoms with E-state index < -0.39 is 0 Å². The van der Waals surface area contributed by atoms with Gasteiger partial charge in [0.1, 0.15) is 0 Å². The highest BCUT2D eigenvalue weighted by molar-refractivity contribution is 5.72. The lowest BCUT2D eigenvalue weighted by Gasteiger charge is -2.19. The maximum absolute atomic E-state index is 10.7. The summed E-state index contributed by atoms with van der Waals surface area (Å²) < 4.78 is 0. The third kappa shape index (κ3) is 5.32. The summed E-state index contributed by atoms with van der Waals surface area (Å²) in [6.07, 6.45) is 0. The molecule has 0 spiro atoms. The van der Waals surface area contributed by atoms with Crippen LogP contribution in [0.15, 0.2) is 24.3 Å². The Labute approximate surface area is 110 Å². The number of benzene rings is 1. The molecular formula is C15H24N2O. The first-order valence-corrected chi connectivity index (χ1v) is 6.44. The lowest BCUT2D eigenvalue weighted by atomic mass is 9.87. The van der Waals surface area contributed by atoms with Crippen LogP contribution in [0.3, 0.4) is 0 Å². The minimum Gasteiger partial charge on any atom is -0.355 e. The second kappa shape index (κ2) is 6.55. The van der Waals surface area contributed by atoms with Gasteiger partial charge in [0.05, 0.1) is 0 Å². The lowest BCUT2D eigenvalue weighted by Crippen LogP contribution is -2.29. The summed E-state index contributed by atoms with van der Waals surface area (Å²) >= 11 is 0. The molecule has 0 aromatic heterocycles. The molecular weight excluding hydrogens is 224 g/mol. The molecule has 0 radical (unpaired) electrons. The summed E-state index contributed by atoms with van der Waals surface area (Å²) in [5, 5.41) is 6.06. The Kier molecular flexibility index (Phi) is 5.35. The maximum atomic E-state index is 10.7. The van der Waals surface area contributed by atoms with Gasteiger partial charge in [-0.15, -0.1) is 0 Å². The average molecular weight is 248 g/mol. The summed E-state index contributed by atoms with van der Waals surface area (Å²) in [5.41, 5.74) is 2.83. The molecule has 1 aromatic rings. The minimum absolute atomic E-state index is 0.0198. The van der Waals surface area contributed by atoms with Crippen molar-refractivity contribution in [1.82, 2.24) is 10.6 Å². The number of hydrogen-bond acceptors (Lipinski definition) is 2. The molecule has 0 heterocycles. The smallest absolute Gasteiger partial charge is 0.216 e. The lowest BCUT2D eigenvalue weighted by molar-refractivity contribution is -0.118. The normalized spacial score (nSPS) is 11.3. The Morgan fingerprint density at radius 2 is 1.72 bits per heavy atom. The van der Waals surface area contributed by atoms with Gasteiger partial charge in [-0.25, -0.2) is 0 Å². The quantitative estimate of drug-likeness (QED) is 0.784. The molecule has 100 valence electrons. The van der Waals surface area contributed by atoms with Crippen LogP contribution in [-0.4, -0.2) is 19.0 Å². The Morgan fingerprint density at radius 3 is 2.22 bits per heavy atom. The molecule has 1 rings (SSSR count). The Hall–Kier alpha value is -1.35. The van der Waals surface area contributed by atoms with Crippen molar-refractivity contribution in [3.05, 3.63) is 35.4 Å². The van der Waals surface area contributed by atoms with Gasteiger partial charge in [0, 0.05) is 26.6 Å². The van der Waals surface area contributed by atoms with Gasteiger partial charge in [-0.1, -0.05) is 45.0 Å². The van der Waals surface area contributed by atoms with E-state index >= 15 is 0 Å². The Bertz CT molecular complexity index is 376. The van der Waals surface area contributed by atoms with Crippen molar-refractivity contribution in [3.63, 3.8) is 0 Å². The molecule has 0 unspecified atom stereocenters. The van der Waals surface area contributed by atoms with Gasteiger partial charge in [0.25, 0.3) is 0 Å². The highest BCUT2D eigenvalue weighted by Crippen LogP contribution is 2.21. The molecule has 3 nitrogen and oxygen atoms in total. The standard InChI is InChI=1S/C15H24N2O/c1-12(18)17-10-9-16-11-13-5-7-14(8-6-13)15(2,3)4/h5-8,16H,9-11H2,1-4H3,(H,17,18). The number of rotatable bonds is 5. The third-order valence-corrected chi connectivity index (χ3v) is 2.82. The van der Waals surface area contributed by atoms with Crippen LogP contribution < -0.4 is 10.6 Å². The SMILES string of the molecule is CC(=O)NCCNCc1ccc(C(C)(C)C)cc1. The molecule has 0 aliphatic heterocycles. The first kappa shape index (κ1) is 14.7. The molecule has 0 atom stereocenters. The summed E-state index contributed by atoms with van der Waals surface area (Å²) in [7, 11) is 0. The van der Waals surface area contributed by atoms with E-state index in [-0.39, 0.29) is 11.3 Å². The second-order valence-electron chi connectivity index (χ2n) is 5.61. The monoisotopic (exact) mass is 248 g/mol. The van der Waals surface area contributed by atoms with E-state index in [1.54, 1.807) is 0 Å². The molecule has 18 heavy (non-hydrogen) atoms. The van der Waals surface area contributed by atoms with Gasteiger partial charge < -0.3 is 10.6 Å². The van der Waals surface area contributed by atoms with E-state index in [1.807, 2.05) is 0 Å². The van der Waals surface area contributed by atoms with E-state index in [4.69, 9.17) is 0 Å². The van der Waals surface area contributed by atoms with Crippen LogP contribution in [0.2, 0.25) is 0 Å². The van der Waals surface area contributed by atoms with Gasteiger partial charge in [0.2, 0.25) is 5.91 Å². The van der Waals surface area contributed by atoms with Crippen LogP contribution >= 0.6 is 0 Å². The van der Waals surface area contributed by atoms with Crippen molar-refractivity contribution >= 4 is 5.91 Å². The van der Waals surface area contributed by atoms with Crippen molar-refractivity contribution in [3.8, 4) is 0 Å². The molecule has 1 aromatic carbocycles. The van der Waals surface area contributed by atoms with Crippen molar-refractivity contribution in [2.45, 2.75) is 39.7 Å². The molecule has 3 heteroatoms. The van der Waals surface area contributed by atoms with E-state index in [9.17, 15) is 4.79 Å². The third-order valence-electron chi connectivity index (χ3n) is 2.82. The molecule has 0 fully saturated rings. The predicted molar refractivity (Wildman–Crippen MR) is 75.5 cm³/mol. The van der Waals surface area contributed by atoms with E-state index in [2.05, 4.69) is 55.7 Å². The van der Waals surface area contributed by atoms with Crippen LogP contribution in [0.4, 0.5) is 0 Å². The maximum Gasteiger partial charge on any atom is 0.216 e. The molecule has 0 saturated carbocycles. The number of carbonyl (C=O) groups is 1. The van der Waals surface area contributed by atoms with Gasteiger partial charge in [0.15, 0.2) is 0 Å². The highest BCUT2D eigenvalue weighted by Gasteiger charge is 2.12. The minimum atomic E-state index is 0.0198. The van der Waals surface area contributed by atoms with Crippen LogP contribution in [0.1, 0.15) is 38.8 Å². The summed E-state index contributed by atoms with van der Waals surface area (Å²) in [6, 6.07) is 8.69. The van der Waals surface area contributed by atoms with E-state index in [0.29, 0.717) is 6.54 Å². The molecule has 0 saturated heterocycles.